The van der Waals surface area contributed by atoms with Gasteiger partial charge in [0.25, 0.3) is 0 Å². The van der Waals surface area contributed by atoms with Crippen LogP contribution in [0.2, 0.25) is 0 Å². The molecule has 23 heavy (non-hydrogen) atoms. The van der Waals surface area contributed by atoms with Gasteiger partial charge in [0.2, 0.25) is 5.91 Å². The third-order valence-corrected chi connectivity index (χ3v) is 6.09. The zero-order valence-corrected chi connectivity index (χ0v) is 15.5. The lowest BCUT2D eigenvalue weighted by Crippen LogP contribution is -2.49. The minimum Gasteiger partial charge on any atom is -0.355 e. The summed E-state index contributed by atoms with van der Waals surface area (Å²) in [6, 6.07) is 0. The highest BCUT2D eigenvalue weighted by molar-refractivity contribution is 7.91. The molecule has 0 spiro atoms. The summed E-state index contributed by atoms with van der Waals surface area (Å²) in [4.78, 5) is 18.3. The maximum absolute atomic E-state index is 12.5. The van der Waals surface area contributed by atoms with Gasteiger partial charge in [0.15, 0.2) is 15.8 Å². The van der Waals surface area contributed by atoms with E-state index in [0.717, 1.165) is 25.7 Å². The summed E-state index contributed by atoms with van der Waals surface area (Å²) in [6.45, 7) is 2.47. The van der Waals surface area contributed by atoms with Crippen molar-refractivity contribution in [2.24, 2.45) is 10.4 Å². The van der Waals surface area contributed by atoms with E-state index >= 15 is 0 Å². The first kappa shape index (κ1) is 19.7. The van der Waals surface area contributed by atoms with Crippen LogP contribution in [0, 0.1) is 5.41 Å². The predicted molar refractivity (Wildman–Crippen MR) is 93.3 cm³/mol. The Labute approximate surface area is 139 Å². The third kappa shape index (κ3) is 5.67. The molecule has 0 radical (unpaired) electrons. The van der Waals surface area contributed by atoms with Crippen molar-refractivity contribution in [1.82, 2.24) is 15.5 Å². The fourth-order valence-electron chi connectivity index (χ4n) is 2.94. The molecule has 0 aromatic rings. The van der Waals surface area contributed by atoms with E-state index in [4.69, 9.17) is 0 Å². The Bertz CT molecular complexity index is 523. The van der Waals surface area contributed by atoms with Crippen LogP contribution in [0.3, 0.4) is 0 Å². The number of carbonyl (C=O) groups is 1. The summed E-state index contributed by atoms with van der Waals surface area (Å²) < 4.78 is 23.0. The molecule has 0 unspecified atom stereocenters. The highest BCUT2D eigenvalue weighted by Crippen LogP contribution is 2.38. The van der Waals surface area contributed by atoms with Gasteiger partial charge in [-0.25, -0.2) is 8.42 Å². The minimum atomic E-state index is -3.00. The number of rotatable bonds is 7. The summed E-state index contributed by atoms with van der Waals surface area (Å²) in [5.41, 5.74) is -0.378. The fourth-order valence-corrected chi connectivity index (χ4v) is 3.64. The lowest BCUT2D eigenvalue weighted by molar-refractivity contribution is -0.138. The summed E-state index contributed by atoms with van der Waals surface area (Å²) in [6.07, 6.45) is 3.86. The molecule has 0 aliphatic heterocycles. The number of hydrogen-bond acceptors (Lipinski definition) is 4. The average molecular weight is 346 g/mol. The van der Waals surface area contributed by atoms with Crippen LogP contribution in [0.15, 0.2) is 4.99 Å². The molecule has 1 aliphatic rings. The standard InChI is InChI=1S/C15H30N4O3S/c1-5-23(21,22)11-10-17-14(16-2)18-12-15(8-6-7-9-15)13(20)19(3)4/h5-12H2,1-4H3,(H2,16,17,18). The first-order valence-corrected chi connectivity index (χ1v) is 9.95. The van der Waals surface area contributed by atoms with Crippen molar-refractivity contribution in [2.45, 2.75) is 32.6 Å². The Balaban J connectivity index is 2.57. The van der Waals surface area contributed by atoms with Gasteiger partial charge in [-0.2, -0.15) is 0 Å². The molecule has 1 saturated carbocycles. The zero-order chi connectivity index (χ0) is 17.5. The van der Waals surface area contributed by atoms with Crippen molar-refractivity contribution in [1.29, 1.82) is 0 Å². The van der Waals surface area contributed by atoms with Crippen molar-refractivity contribution < 1.29 is 13.2 Å². The molecule has 1 aliphatic carbocycles. The molecule has 1 amide bonds. The first-order valence-electron chi connectivity index (χ1n) is 8.13. The summed E-state index contributed by atoms with van der Waals surface area (Å²) >= 11 is 0. The van der Waals surface area contributed by atoms with Crippen molar-refractivity contribution in [3.63, 3.8) is 0 Å². The fraction of sp³-hybridized carbons (Fsp3) is 0.867. The van der Waals surface area contributed by atoms with Crippen molar-refractivity contribution in [3.05, 3.63) is 0 Å². The second kappa shape index (κ2) is 8.52. The van der Waals surface area contributed by atoms with Crippen LogP contribution in [0.4, 0.5) is 0 Å². The number of nitrogens with zero attached hydrogens (tertiary/aromatic N) is 2. The van der Waals surface area contributed by atoms with Crippen molar-refractivity contribution >= 4 is 21.7 Å². The average Bonchev–Trinajstić information content (AvgIpc) is 2.99. The topological polar surface area (TPSA) is 90.9 Å². The van der Waals surface area contributed by atoms with E-state index in [1.807, 2.05) is 0 Å². The predicted octanol–water partition coefficient (Wildman–Crippen LogP) is 0.235. The molecule has 8 heteroatoms. The number of hydrogen-bond donors (Lipinski definition) is 2. The molecule has 0 aromatic carbocycles. The zero-order valence-electron chi connectivity index (χ0n) is 14.7. The normalized spacial score (nSPS) is 17.8. The number of amides is 1. The molecule has 1 rings (SSSR count). The summed E-state index contributed by atoms with van der Waals surface area (Å²) in [5.74, 6) is 0.897. The molecule has 7 nitrogen and oxygen atoms in total. The van der Waals surface area contributed by atoms with E-state index in [0.29, 0.717) is 19.0 Å². The first-order chi connectivity index (χ1) is 10.8. The van der Waals surface area contributed by atoms with Gasteiger partial charge in [-0.05, 0) is 12.8 Å². The maximum Gasteiger partial charge on any atom is 0.230 e. The van der Waals surface area contributed by atoms with Gasteiger partial charge in [-0.15, -0.1) is 0 Å². The molecule has 0 bridgehead atoms. The highest BCUT2D eigenvalue weighted by atomic mass is 32.2. The van der Waals surface area contributed by atoms with E-state index in [-0.39, 0.29) is 22.8 Å². The second-order valence-corrected chi connectivity index (χ2v) is 8.75. The molecule has 0 atom stereocenters. The lowest BCUT2D eigenvalue weighted by atomic mass is 9.84. The second-order valence-electron chi connectivity index (χ2n) is 6.28. The summed E-state index contributed by atoms with van der Waals surface area (Å²) in [5, 5.41) is 6.19. The van der Waals surface area contributed by atoms with Crippen LogP contribution in [-0.2, 0) is 14.6 Å². The monoisotopic (exact) mass is 346 g/mol. The Morgan fingerprint density at radius 3 is 2.30 bits per heavy atom. The minimum absolute atomic E-state index is 0.0754. The molecule has 134 valence electrons. The SMILES string of the molecule is CCS(=O)(=O)CCNC(=NC)NCC1(C(=O)N(C)C)CCCC1. The van der Waals surface area contributed by atoms with E-state index < -0.39 is 9.84 Å². The lowest BCUT2D eigenvalue weighted by Gasteiger charge is -2.31. The van der Waals surface area contributed by atoms with Gasteiger partial charge in [0.1, 0.15) is 0 Å². The number of nitrogens with one attached hydrogen (secondary N) is 2. The van der Waals surface area contributed by atoms with Crippen molar-refractivity contribution in [2.75, 3.05) is 45.7 Å². The smallest absolute Gasteiger partial charge is 0.230 e. The van der Waals surface area contributed by atoms with Gasteiger partial charge >= 0.3 is 0 Å². The van der Waals surface area contributed by atoms with Gasteiger partial charge < -0.3 is 15.5 Å². The van der Waals surface area contributed by atoms with Gasteiger partial charge in [-0.3, -0.25) is 9.79 Å². The Morgan fingerprint density at radius 2 is 1.83 bits per heavy atom. The molecule has 1 fully saturated rings. The molecule has 0 aromatic heterocycles. The van der Waals surface area contributed by atoms with Crippen LogP contribution in [-0.4, -0.2) is 70.9 Å². The highest BCUT2D eigenvalue weighted by Gasteiger charge is 2.42. The van der Waals surface area contributed by atoms with E-state index in [9.17, 15) is 13.2 Å². The van der Waals surface area contributed by atoms with E-state index in [2.05, 4.69) is 15.6 Å². The number of guanidine groups is 1. The van der Waals surface area contributed by atoms with Gasteiger partial charge in [-0.1, -0.05) is 19.8 Å². The van der Waals surface area contributed by atoms with Crippen LogP contribution in [0.25, 0.3) is 0 Å². The molecule has 0 saturated heterocycles. The van der Waals surface area contributed by atoms with Gasteiger partial charge in [0, 0.05) is 40.0 Å². The van der Waals surface area contributed by atoms with Crippen LogP contribution < -0.4 is 10.6 Å². The molecular formula is C15H30N4O3S. The Morgan fingerprint density at radius 1 is 1.22 bits per heavy atom. The largest absolute Gasteiger partial charge is 0.355 e. The van der Waals surface area contributed by atoms with Crippen LogP contribution in [0.1, 0.15) is 32.6 Å². The third-order valence-electron chi connectivity index (χ3n) is 4.38. The van der Waals surface area contributed by atoms with Crippen LogP contribution >= 0.6 is 0 Å². The molecule has 0 heterocycles. The number of carbonyl (C=O) groups excluding carboxylic acids is 1. The molecule has 2 N–H and O–H groups in total. The number of sulfone groups is 1. The number of aliphatic imine (C=N–C) groups is 1. The van der Waals surface area contributed by atoms with Crippen molar-refractivity contribution in [3.8, 4) is 0 Å². The quantitative estimate of drug-likeness (QED) is 0.509. The maximum atomic E-state index is 12.5. The Kier molecular flexibility index (Phi) is 7.31. The van der Waals surface area contributed by atoms with Gasteiger partial charge in [0.05, 0.1) is 11.2 Å². The van der Waals surface area contributed by atoms with Crippen LogP contribution in [0.5, 0.6) is 0 Å². The Hall–Kier alpha value is -1.31. The summed E-state index contributed by atoms with van der Waals surface area (Å²) in [7, 11) is 2.21. The van der Waals surface area contributed by atoms with E-state index in [1.54, 1.807) is 33.0 Å². The van der Waals surface area contributed by atoms with E-state index in [1.165, 1.54) is 0 Å². The molecular weight excluding hydrogens is 316 g/mol.